The number of aromatic nitrogens is 2. The number of aliphatic hydroxyl groups excluding tert-OH is 2. The van der Waals surface area contributed by atoms with E-state index in [0.29, 0.717) is 12.0 Å². The smallest absolute Gasteiger partial charge is 0.328 e. The zero-order valence-electron chi connectivity index (χ0n) is 13.3. The topological polar surface area (TPSA) is 95.3 Å². The van der Waals surface area contributed by atoms with Crippen LogP contribution < -0.4 is 11.2 Å². The average Bonchev–Trinajstić information content (AvgIpc) is 3.15. The summed E-state index contributed by atoms with van der Waals surface area (Å²) in [6, 6.07) is -0.789. The van der Waals surface area contributed by atoms with E-state index in [4.69, 9.17) is 2.80 Å². The molecule has 3 N–H and O–H groups in total. The molecule has 1 aromatic heterocycles. The number of aliphatic hydroxyl groups is 2. The van der Waals surface area contributed by atoms with Crippen LogP contribution in [0.2, 0.25) is 0 Å². The van der Waals surface area contributed by atoms with E-state index in [1.165, 1.54) is 24.8 Å². The molecular weight excluding hydrogens is 267 g/mol. The number of H-pyrrole nitrogens is 1. The maximum absolute atomic E-state index is 14.2. The molecule has 0 bridgehead atoms. The van der Waals surface area contributed by atoms with Crippen LogP contribution in [-0.2, 0) is 0 Å². The highest BCUT2D eigenvalue weighted by Crippen LogP contribution is 2.67. The number of hydrogen-bond donors (Lipinski definition) is 3. The molecule has 0 unspecified atom stereocenters. The van der Waals surface area contributed by atoms with Crippen LogP contribution in [0, 0.1) is 18.3 Å². The Hall–Kier alpha value is -1.47. The molecular formula is C13H19FN2O4. The summed E-state index contributed by atoms with van der Waals surface area (Å²) in [7, 11) is 1.29. The van der Waals surface area contributed by atoms with Crippen LogP contribution in [0.5, 0.6) is 0 Å². The normalized spacial score (nSPS) is 39.2. The van der Waals surface area contributed by atoms with E-state index < -0.39 is 35.0 Å². The largest absolute Gasteiger partial charge is 0.400 e. The number of hydrogen-bond acceptors (Lipinski definition) is 4. The molecule has 20 heavy (non-hydrogen) atoms. The molecule has 112 valence electrons. The summed E-state index contributed by atoms with van der Waals surface area (Å²) in [5.74, 6) is -0.210. The average molecular weight is 289 g/mol. The molecule has 2 aliphatic carbocycles. The fraction of sp³-hybridized carbons (Fsp3) is 0.692. The first-order chi connectivity index (χ1) is 10.3. The molecule has 3 rings (SSSR count). The number of aryl methyl sites for hydroxylation is 1. The molecule has 0 radical (unpaired) electrons. The molecule has 0 amide bonds. The summed E-state index contributed by atoms with van der Waals surface area (Å²) >= 11 is 0. The summed E-state index contributed by atoms with van der Waals surface area (Å²) in [4.78, 5) is 25.3. The summed E-state index contributed by atoms with van der Waals surface area (Å²) in [5, 5.41) is 13.4. The summed E-state index contributed by atoms with van der Waals surface area (Å²) in [6.45, 7) is 1.49. The Morgan fingerprint density at radius 3 is 2.90 bits per heavy atom. The van der Waals surface area contributed by atoms with Crippen LogP contribution >= 0.6 is 0 Å². The van der Waals surface area contributed by atoms with Crippen LogP contribution in [0.4, 0.5) is 4.39 Å². The lowest BCUT2D eigenvalue weighted by Gasteiger charge is -2.21. The van der Waals surface area contributed by atoms with Gasteiger partial charge in [0.25, 0.3) is 5.56 Å². The van der Waals surface area contributed by atoms with E-state index in [2.05, 4.69) is 10.1 Å². The van der Waals surface area contributed by atoms with Crippen molar-refractivity contribution >= 4 is 0 Å². The van der Waals surface area contributed by atoms with Gasteiger partial charge in [0.15, 0.2) is 0 Å². The number of nitrogens with zero attached hydrogens (tertiary/aromatic N) is 1. The van der Waals surface area contributed by atoms with Crippen molar-refractivity contribution in [2.24, 2.45) is 11.3 Å². The molecule has 2 saturated carbocycles. The molecule has 6 nitrogen and oxygen atoms in total. The van der Waals surface area contributed by atoms with Crippen molar-refractivity contribution < 1.29 is 16.0 Å². The quantitative estimate of drug-likeness (QED) is 0.663. The lowest BCUT2D eigenvalue weighted by atomic mass is 10.0. The molecule has 7 heteroatoms. The SMILES string of the molecule is [2H]C[C@@]12C[C@@H]1[C@@H](n1cc(C)c(=O)[nH]c1=O)[C@H](F)[C@@H]2O.[3H]OC. The first kappa shape index (κ1) is 12.3. The van der Waals surface area contributed by atoms with Gasteiger partial charge in [0.1, 0.15) is 6.17 Å². The Morgan fingerprint density at radius 1 is 1.70 bits per heavy atom. The Labute approximate surface area is 117 Å². The minimum Gasteiger partial charge on any atom is -0.400 e. The third-order valence-corrected chi connectivity index (χ3v) is 4.27. The van der Waals surface area contributed by atoms with Crippen molar-refractivity contribution in [1.82, 2.24) is 9.55 Å². The van der Waals surface area contributed by atoms with Crippen LogP contribution in [0.25, 0.3) is 0 Å². The minimum absolute atomic E-state index is 0.0488. The standard InChI is InChI=1S/C12H15FN2O3.CH4O/c1-5-4-15(11(18)14-10(5)17)8-6-3-12(6,2)9(16)7(8)13;1-2/h4,6-9,16H,3H2,1-2H3,(H,14,17,18);2H,1H3/t6-,7+,8-,9+,12-;/m1./s1/i2D;2T. The lowest BCUT2D eigenvalue weighted by Crippen LogP contribution is -2.38. The molecule has 1 heterocycles. The fourth-order valence-corrected chi connectivity index (χ4v) is 3.03. The Morgan fingerprint density at radius 2 is 2.35 bits per heavy atom. The van der Waals surface area contributed by atoms with Gasteiger partial charge in [0, 0.05) is 25.7 Å². The molecule has 2 aliphatic rings. The van der Waals surface area contributed by atoms with Gasteiger partial charge < -0.3 is 10.2 Å². The van der Waals surface area contributed by atoms with Gasteiger partial charge in [-0.15, -0.1) is 0 Å². The Balaban J connectivity index is 0.000000545. The molecule has 0 spiro atoms. The first-order valence-electron chi connectivity index (χ1n) is 7.38. The van der Waals surface area contributed by atoms with E-state index >= 15 is 0 Å². The minimum atomic E-state index is -1.58. The van der Waals surface area contributed by atoms with Gasteiger partial charge in [0.05, 0.1) is 12.1 Å². The molecule has 0 aliphatic heterocycles. The van der Waals surface area contributed by atoms with Gasteiger partial charge in [0.2, 0.25) is 1.43 Å². The second-order valence-electron chi connectivity index (χ2n) is 5.40. The number of nitrogens with one attached hydrogen (secondary N) is 1. The number of alkyl halides is 1. The lowest BCUT2D eigenvalue weighted by molar-refractivity contribution is 0.0356. The third-order valence-electron chi connectivity index (χ3n) is 4.27. The van der Waals surface area contributed by atoms with Crippen molar-refractivity contribution in [3.63, 3.8) is 0 Å². The van der Waals surface area contributed by atoms with Gasteiger partial charge in [-0.3, -0.25) is 14.3 Å². The highest BCUT2D eigenvalue weighted by atomic mass is 19.1. The van der Waals surface area contributed by atoms with Crippen LogP contribution in [0.15, 0.2) is 15.8 Å². The van der Waals surface area contributed by atoms with Crippen LogP contribution in [0.1, 0.15) is 26.3 Å². The van der Waals surface area contributed by atoms with E-state index in [0.717, 1.165) is 0 Å². The highest BCUT2D eigenvalue weighted by Gasteiger charge is 2.69. The van der Waals surface area contributed by atoms with Crippen molar-refractivity contribution in [3.8, 4) is 0 Å². The van der Waals surface area contributed by atoms with Gasteiger partial charge in [-0.2, -0.15) is 0 Å². The summed E-state index contributed by atoms with van der Waals surface area (Å²) in [6.07, 6.45) is -0.900. The fourth-order valence-electron chi connectivity index (χ4n) is 3.03. The van der Waals surface area contributed by atoms with Gasteiger partial charge >= 0.3 is 5.69 Å². The highest BCUT2D eigenvalue weighted by molar-refractivity contribution is 5.19. The molecule has 0 aromatic carbocycles. The van der Waals surface area contributed by atoms with Crippen molar-refractivity contribution in [2.75, 3.05) is 7.11 Å². The molecule has 2 fully saturated rings. The molecule has 5 atom stereocenters. The predicted octanol–water partition coefficient (Wildman–Crippen LogP) is -0.267. The second kappa shape index (κ2) is 4.82. The maximum atomic E-state index is 14.2. The van der Waals surface area contributed by atoms with E-state index in [1.807, 2.05) is 0 Å². The van der Waals surface area contributed by atoms with Crippen molar-refractivity contribution in [1.29, 1.82) is 1.43 Å². The van der Waals surface area contributed by atoms with E-state index in [9.17, 15) is 19.1 Å². The maximum Gasteiger partial charge on any atom is 0.328 e. The van der Waals surface area contributed by atoms with Gasteiger partial charge in [-0.25, -0.2) is 9.18 Å². The van der Waals surface area contributed by atoms with E-state index in [1.54, 1.807) is 0 Å². The Bertz CT molecular complexity index is 664. The van der Waals surface area contributed by atoms with Gasteiger partial charge in [-0.05, 0) is 19.3 Å². The first-order valence-corrected chi connectivity index (χ1v) is 6.26. The van der Waals surface area contributed by atoms with E-state index in [-0.39, 0.29) is 12.8 Å². The Kier molecular flexibility index (Phi) is 2.96. The number of rotatable bonds is 1. The van der Waals surface area contributed by atoms with Crippen LogP contribution in [0.3, 0.4) is 0 Å². The third kappa shape index (κ3) is 1.92. The summed E-state index contributed by atoms with van der Waals surface area (Å²) < 4.78 is 28.6. The molecule has 0 saturated heterocycles. The number of halogens is 1. The number of fused-ring (bicyclic) bond motifs is 1. The zero-order valence-corrected chi connectivity index (χ0v) is 11.3. The predicted molar refractivity (Wildman–Crippen MR) is 70.4 cm³/mol. The van der Waals surface area contributed by atoms with Crippen molar-refractivity contribution in [3.05, 3.63) is 32.6 Å². The van der Waals surface area contributed by atoms with Gasteiger partial charge in [-0.1, -0.05) is 6.90 Å². The van der Waals surface area contributed by atoms with Crippen molar-refractivity contribution in [2.45, 2.75) is 38.6 Å². The monoisotopic (exact) mass is 289 g/mol. The number of aromatic amines is 1. The summed E-state index contributed by atoms with van der Waals surface area (Å²) in [5.41, 5.74) is -1.54. The second-order valence-corrected chi connectivity index (χ2v) is 5.40. The zero-order chi connectivity index (χ0) is 16.7. The van der Waals surface area contributed by atoms with Crippen LogP contribution in [-0.4, -0.2) is 40.6 Å². The molecule has 1 aromatic rings.